The van der Waals surface area contributed by atoms with E-state index in [1.54, 1.807) is 42.5 Å². The summed E-state index contributed by atoms with van der Waals surface area (Å²) < 4.78 is 12.3. The third-order valence-corrected chi connectivity index (χ3v) is 7.13. The van der Waals surface area contributed by atoms with E-state index in [2.05, 4.69) is 15.6 Å². The molecule has 0 radical (unpaired) electrons. The number of nitrogens with one attached hydrogen (secondary N) is 2. The van der Waals surface area contributed by atoms with Gasteiger partial charge >= 0.3 is 0 Å². The minimum absolute atomic E-state index is 0.00398. The van der Waals surface area contributed by atoms with Crippen molar-refractivity contribution in [3.8, 4) is 5.75 Å². The average molecular weight is 493 g/mol. The first-order valence-electron chi connectivity index (χ1n) is 12.6. The lowest BCUT2D eigenvalue weighted by Gasteiger charge is -2.42. The number of benzene rings is 1. The monoisotopic (exact) mass is 492 g/mol. The van der Waals surface area contributed by atoms with Gasteiger partial charge in [0.25, 0.3) is 5.91 Å². The van der Waals surface area contributed by atoms with E-state index in [-0.39, 0.29) is 54.9 Å². The van der Waals surface area contributed by atoms with Crippen molar-refractivity contribution in [1.82, 2.24) is 15.2 Å². The van der Waals surface area contributed by atoms with E-state index in [4.69, 9.17) is 9.47 Å². The number of nitrogens with zero attached hydrogens (tertiary/aromatic N) is 2. The van der Waals surface area contributed by atoms with Gasteiger partial charge in [-0.05, 0) is 68.0 Å². The number of carbonyl (C=O) groups excluding carboxylic acids is 3. The zero-order valence-electron chi connectivity index (χ0n) is 20.4. The molecule has 1 aromatic carbocycles. The number of hydrogen-bond donors (Lipinski definition) is 2. The first kappa shape index (κ1) is 24.2. The second-order valence-corrected chi connectivity index (χ2v) is 9.80. The molecule has 1 aliphatic carbocycles. The van der Waals surface area contributed by atoms with Crippen molar-refractivity contribution in [2.24, 2.45) is 5.92 Å². The second-order valence-electron chi connectivity index (χ2n) is 9.80. The Labute approximate surface area is 210 Å². The van der Waals surface area contributed by atoms with Crippen molar-refractivity contribution >= 4 is 23.4 Å². The Kier molecular flexibility index (Phi) is 7.18. The third-order valence-electron chi connectivity index (χ3n) is 7.13. The molecule has 3 atom stereocenters. The summed E-state index contributed by atoms with van der Waals surface area (Å²) in [6, 6.07) is 8.89. The summed E-state index contributed by atoms with van der Waals surface area (Å²) in [4.78, 5) is 43.7. The predicted molar refractivity (Wildman–Crippen MR) is 133 cm³/mol. The van der Waals surface area contributed by atoms with Crippen molar-refractivity contribution in [1.29, 1.82) is 0 Å². The summed E-state index contributed by atoms with van der Waals surface area (Å²) in [6.45, 7) is 0.838. The van der Waals surface area contributed by atoms with Gasteiger partial charge in [0.2, 0.25) is 11.8 Å². The highest BCUT2D eigenvalue weighted by molar-refractivity contribution is 6.00. The first-order chi connectivity index (χ1) is 17.5. The first-order valence-corrected chi connectivity index (χ1v) is 12.6. The molecule has 0 spiro atoms. The smallest absolute Gasteiger partial charge is 0.257 e. The lowest BCUT2D eigenvalue weighted by atomic mass is 9.94. The van der Waals surface area contributed by atoms with Crippen LogP contribution < -0.4 is 15.4 Å². The summed E-state index contributed by atoms with van der Waals surface area (Å²) in [6.07, 6.45) is 7.19. The molecule has 1 saturated heterocycles. The van der Waals surface area contributed by atoms with Gasteiger partial charge in [0.05, 0.1) is 24.1 Å². The van der Waals surface area contributed by atoms with Crippen molar-refractivity contribution in [3.63, 3.8) is 0 Å². The summed E-state index contributed by atoms with van der Waals surface area (Å²) in [5, 5.41) is 5.86. The van der Waals surface area contributed by atoms with Crippen LogP contribution in [0.5, 0.6) is 5.75 Å². The molecule has 3 heterocycles. The fourth-order valence-corrected chi connectivity index (χ4v) is 4.87. The van der Waals surface area contributed by atoms with Gasteiger partial charge in [-0.1, -0.05) is 0 Å². The van der Waals surface area contributed by atoms with Crippen molar-refractivity contribution in [2.45, 2.75) is 56.8 Å². The molecule has 2 aromatic rings. The van der Waals surface area contributed by atoms with E-state index in [0.717, 1.165) is 31.2 Å². The van der Waals surface area contributed by atoms with E-state index in [1.165, 1.54) is 0 Å². The molecule has 3 aliphatic rings. The Hall–Kier alpha value is -3.46. The van der Waals surface area contributed by atoms with E-state index >= 15 is 0 Å². The molecule has 36 heavy (non-hydrogen) atoms. The number of aromatic nitrogens is 1. The van der Waals surface area contributed by atoms with Crippen molar-refractivity contribution in [2.75, 3.05) is 25.5 Å². The minimum Gasteiger partial charge on any atom is -0.490 e. The molecule has 3 amide bonds. The summed E-state index contributed by atoms with van der Waals surface area (Å²) >= 11 is 0. The van der Waals surface area contributed by atoms with Crippen LogP contribution in [-0.2, 0) is 20.7 Å². The van der Waals surface area contributed by atoms with Crippen LogP contribution in [-0.4, -0.2) is 66.1 Å². The highest BCUT2D eigenvalue weighted by Gasteiger charge is 2.39. The lowest BCUT2D eigenvalue weighted by Crippen LogP contribution is -2.54. The number of rotatable bonds is 7. The van der Waals surface area contributed by atoms with Crippen LogP contribution in [0, 0.1) is 5.92 Å². The van der Waals surface area contributed by atoms with Gasteiger partial charge in [-0.2, -0.15) is 0 Å². The fourth-order valence-electron chi connectivity index (χ4n) is 4.87. The fraction of sp³-hybridized carbons (Fsp3) is 0.481. The predicted octanol–water partition coefficient (Wildman–Crippen LogP) is 2.56. The van der Waals surface area contributed by atoms with Gasteiger partial charge in [0.1, 0.15) is 18.5 Å². The van der Waals surface area contributed by atoms with Crippen LogP contribution in [0.15, 0.2) is 42.7 Å². The number of fused-ring (bicyclic) bond motifs is 2. The molecule has 1 saturated carbocycles. The zero-order valence-corrected chi connectivity index (χ0v) is 20.4. The standard InChI is InChI=1S/C27H32N4O5/c1-31-22-6-5-20(15-25(32)29-13-10-17-8-11-28-12-9-17)36-24(22)16-35-23-7-4-19(14-21(23)27(31)34)30-26(33)18-2-3-18/h4,7-9,11-12,14,18,20,22,24H,2-3,5-6,10,13,15-16H2,1H3,(H,29,32)(H,30,33)/t20-,22+,24-/m0/s1. The van der Waals surface area contributed by atoms with E-state index in [9.17, 15) is 14.4 Å². The molecule has 2 N–H and O–H groups in total. The number of amides is 3. The number of anilines is 1. The maximum atomic E-state index is 13.3. The second kappa shape index (κ2) is 10.7. The Morgan fingerprint density at radius 2 is 1.92 bits per heavy atom. The van der Waals surface area contributed by atoms with Crippen LogP contribution in [0.4, 0.5) is 5.69 Å². The molecule has 2 aliphatic heterocycles. The van der Waals surface area contributed by atoms with Gasteiger partial charge in [0.15, 0.2) is 0 Å². The van der Waals surface area contributed by atoms with E-state index in [0.29, 0.717) is 30.0 Å². The quantitative estimate of drug-likeness (QED) is 0.615. The number of ether oxygens (including phenoxy) is 2. The summed E-state index contributed by atoms with van der Waals surface area (Å²) in [5.74, 6) is 0.330. The van der Waals surface area contributed by atoms with Crippen LogP contribution in [0.2, 0.25) is 0 Å². The molecule has 9 heteroatoms. The van der Waals surface area contributed by atoms with Gasteiger partial charge < -0.3 is 25.0 Å². The van der Waals surface area contributed by atoms with Gasteiger partial charge in [-0.3, -0.25) is 19.4 Å². The molecule has 5 rings (SSSR count). The van der Waals surface area contributed by atoms with Gasteiger partial charge in [-0.15, -0.1) is 0 Å². The highest BCUT2D eigenvalue weighted by Crippen LogP contribution is 2.34. The number of carbonyl (C=O) groups is 3. The van der Waals surface area contributed by atoms with Gasteiger partial charge in [0, 0.05) is 37.6 Å². The number of pyridine rings is 1. The Morgan fingerprint density at radius 3 is 2.69 bits per heavy atom. The molecule has 190 valence electrons. The zero-order chi connectivity index (χ0) is 25.1. The largest absolute Gasteiger partial charge is 0.490 e. The average Bonchev–Trinajstić information content (AvgIpc) is 3.73. The topological polar surface area (TPSA) is 110 Å². The maximum Gasteiger partial charge on any atom is 0.257 e. The molecule has 2 fully saturated rings. The molecule has 0 bridgehead atoms. The number of hydrogen-bond acceptors (Lipinski definition) is 6. The van der Waals surface area contributed by atoms with E-state index in [1.807, 2.05) is 12.1 Å². The third kappa shape index (κ3) is 5.67. The number of likely N-dealkylation sites (N-methyl/N-ethyl adjacent to an activating group) is 1. The van der Waals surface area contributed by atoms with Gasteiger partial charge in [-0.25, -0.2) is 0 Å². The molecular formula is C27H32N4O5. The van der Waals surface area contributed by atoms with Crippen LogP contribution in [0.25, 0.3) is 0 Å². The molecule has 9 nitrogen and oxygen atoms in total. The minimum atomic E-state index is -0.329. The van der Waals surface area contributed by atoms with Crippen LogP contribution >= 0.6 is 0 Å². The molecule has 1 aromatic heterocycles. The highest BCUT2D eigenvalue weighted by atomic mass is 16.5. The van der Waals surface area contributed by atoms with Crippen molar-refractivity contribution < 1.29 is 23.9 Å². The SMILES string of the molecule is CN1C(=O)c2cc(NC(=O)C3CC3)ccc2OC[C@@H]2O[C@H](CC(=O)NCCc3ccncc3)CC[C@H]21. The van der Waals surface area contributed by atoms with E-state index < -0.39 is 0 Å². The van der Waals surface area contributed by atoms with Crippen LogP contribution in [0.3, 0.4) is 0 Å². The Balaban J connectivity index is 1.17. The Morgan fingerprint density at radius 1 is 1.11 bits per heavy atom. The summed E-state index contributed by atoms with van der Waals surface area (Å²) in [7, 11) is 1.78. The molecular weight excluding hydrogens is 460 g/mol. The molecule has 0 unspecified atom stereocenters. The maximum absolute atomic E-state index is 13.3. The normalized spacial score (nSPS) is 23.4. The lowest BCUT2D eigenvalue weighted by molar-refractivity contribution is -0.134. The Bertz CT molecular complexity index is 1120. The summed E-state index contributed by atoms with van der Waals surface area (Å²) in [5.41, 5.74) is 2.15. The van der Waals surface area contributed by atoms with Crippen molar-refractivity contribution in [3.05, 3.63) is 53.9 Å². The van der Waals surface area contributed by atoms with Crippen LogP contribution in [0.1, 0.15) is 48.0 Å².